The summed E-state index contributed by atoms with van der Waals surface area (Å²) in [5, 5.41) is 8.19. The van der Waals surface area contributed by atoms with Gasteiger partial charge >= 0.3 is 0 Å². The van der Waals surface area contributed by atoms with Crippen molar-refractivity contribution in [1.82, 2.24) is 25.0 Å². The first kappa shape index (κ1) is 10.6. The molecule has 3 rings (SSSR count). The first-order valence-corrected chi connectivity index (χ1v) is 5.59. The number of pyridine rings is 2. The highest BCUT2D eigenvalue weighted by Gasteiger charge is 2.05. The van der Waals surface area contributed by atoms with E-state index in [1.807, 2.05) is 43.6 Å². The van der Waals surface area contributed by atoms with E-state index in [0.717, 1.165) is 22.6 Å². The summed E-state index contributed by atoms with van der Waals surface area (Å²) in [4.78, 5) is 8.37. The Balaban J connectivity index is 1.97. The maximum absolute atomic E-state index is 4.32. The Bertz CT molecular complexity index is 643. The van der Waals surface area contributed by atoms with Crippen molar-refractivity contribution >= 4 is 0 Å². The normalized spacial score (nSPS) is 10.5. The molecule has 0 aliphatic rings. The lowest BCUT2D eigenvalue weighted by molar-refractivity contribution is 0.800. The van der Waals surface area contributed by atoms with Crippen LogP contribution in [-0.2, 0) is 0 Å². The number of hydrogen-bond donors (Lipinski definition) is 0. The summed E-state index contributed by atoms with van der Waals surface area (Å²) in [7, 11) is 0. The zero-order chi connectivity index (χ0) is 12.4. The van der Waals surface area contributed by atoms with Crippen molar-refractivity contribution in [2.24, 2.45) is 0 Å². The Kier molecular flexibility index (Phi) is 2.57. The number of aromatic nitrogens is 5. The van der Waals surface area contributed by atoms with Gasteiger partial charge in [0.1, 0.15) is 5.69 Å². The van der Waals surface area contributed by atoms with Gasteiger partial charge in [-0.05, 0) is 30.7 Å². The van der Waals surface area contributed by atoms with Gasteiger partial charge in [0, 0.05) is 12.4 Å². The van der Waals surface area contributed by atoms with E-state index >= 15 is 0 Å². The molecule has 0 fully saturated rings. The van der Waals surface area contributed by atoms with Crippen molar-refractivity contribution in [2.45, 2.75) is 6.92 Å². The fourth-order valence-corrected chi connectivity index (χ4v) is 1.62. The second-order valence-corrected chi connectivity index (χ2v) is 3.98. The molecule has 88 valence electrons. The van der Waals surface area contributed by atoms with Gasteiger partial charge in [-0.15, -0.1) is 5.10 Å². The molecule has 3 heterocycles. The third-order valence-electron chi connectivity index (χ3n) is 2.58. The molecule has 0 saturated carbocycles. The standard InChI is InChI=1S/C13H11N5/c1-10-4-5-12(15-7-10)13-9-18(17-16-13)11-3-2-6-14-8-11/h2-9H,1H3. The molecular weight excluding hydrogens is 226 g/mol. The highest BCUT2D eigenvalue weighted by Crippen LogP contribution is 2.14. The van der Waals surface area contributed by atoms with Crippen LogP contribution in [0.4, 0.5) is 0 Å². The molecule has 0 saturated heterocycles. The van der Waals surface area contributed by atoms with Gasteiger partial charge in [0.15, 0.2) is 0 Å². The van der Waals surface area contributed by atoms with Gasteiger partial charge in [-0.3, -0.25) is 9.97 Å². The van der Waals surface area contributed by atoms with Crippen molar-refractivity contribution in [3.63, 3.8) is 0 Å². The number of nitrogens with zero attached hydrogens (tertiary/aromatic N) is 5. The number of rotatable bonds is 2. The molecule has 0 bridgehead atoms. The maximum Gasteiger partial charge on any atom is 0.131 e. The molecule has 0 aliphatic heterocycles. The van der Waals surface area contributed by atoms with Gasteiger partial charge in [-0.2, -0.15) is 0 Å². The van der Waals surface area contributed by atoms with Crippen LogP contribution in [0.5, 0.6) is 0 Å². The van der Waals surface area contributed by atoms with E-state index in [9.17, 15) is 0 Å². The van der Waals surface area contributed by atoms with Gasteiger partial charge in [0.25, 0.3) is 0 Å². The summed E-state index contributed by atoms with van der Waals surface area (Å²) in [6.45, 7) is 2.00. The minimum absolute atomic E-state index is 0.749. The molecule has 0 radical (unpaired) electrons. The number of hydrogen-bond acceptors (Lipinski definition) is 4. The van der Waals surface area contributed by atoms with Crippen molar-refractivity contribution in [2.75, 3.05) is 0 Å². The molecular formula is C13H11N5. The molecule has 18 heavy (non-hydrogen) atoms. The van der Waals surface area contributed by atoms with E-state index in [2.05, 4.69) is 20.3 Å². The van der Waals surface area contributed by atoms with E-state index in [1.54, 1.807) is 17.1 Å². The van der Waals surface area contributed by atoms with Crippen LogP contribution in [0.2, 0.25) is 0 Å². The average molecular weight is 237 g/mol. The molecule has 0 amide bonds. The summed E-state index contributed by atoms with van der Waals surface area (Å²) < 4.78 is 1.68. The maximum atomic E-state index is 4.32. The molecule has 0 unspecified atom stereocenters. The van der Waals surface area contributed by atoms with Crippen molar-refractivity contribution in [3.05, 3.63) is 54.6 Å². The Morgan fingerprint density at radius 1 is 1.06 bits per heavy atom. The summed E-state index contributed by atoms with van der Waals surface area (Å²) in [6, 6.07) is 7.73. The van der Waals surface area contributed by atoms with Gasteiger partial charge in [-0.1, -0.05) is 11.3 Å². The van der Waals surface area contributed by atoms with Crippen molar-refractivity contribution < 1.29 is 0 Å². The molecule has 0 aliphatic carbocycles. The Morgan fingerprint density at radius 2 is 2.00 bits per heavy atom. The molecule has 0 atom stereocenters. The first-order valence-electron chi connectivity index (χ1n) is 5.59. The van der Waals surface area contributed by atoms with Crippen LogP contribution in [0.15, 0.2) is 49.1 Å². The van der Waals surface area contributed by atoms with E-state index in [4.69, 9.17) is 0 Å². The summed E-state index contributed by atoms with van der Waals surface area (Å²) in [5.41, 5.74) is 3.57. The third kappa shape index (κ3) is 1.98. The monoisotopic (exact) mass is 237 g/mol. The lowest BCUT2D eigenvalue weighted by Gasteiger charge is -1.97. The van der Waals surface area contributed by atoms with Gasteiger partial charge in [-0.25, -0.2) is 4.68 Å². The molecule has 0 N–H and O–H groups in total. The molecule has 3 aromatic rings. The molecule has 3 aromatic heterocycles. The minimum Gasteiger partial charge on any atom is -0.262 e. The van der Waals surface area contributed by atoms with Crippen LogP contribution in [-0.4, -0.2) is 25.0 Å². The lowest BCUT2D eigenvalue weighted by Crippen LogP contribution is -1.94. The van der Waals surface area contributed by atoms with Crippen LogP contribution in [0, 0.1) is 6.92 Å². The van der Waals surface area contributed by atoms with Crippen LogP contribution >= 0.6 is 0 Å². The summed E-state index contributed by atoms with van der Waals surface area (Å²) in [5.74, 6) is 0. The van der Waals surface area contributed by atoms with Crippen molar-refractivity contribution in [1.29, 1.82) is 0 Å². The molecule has 5 nitrogen and oxygen atoms in total. The quantitative estimate of drug-likeness (QED) is 0.684. The van der Waals surface area contributed by atoms with E-state index in [-0.39, 0.29) is 0 Å². The second kappa shape index (κ2) is 4.37. The summed E-state index contributed by atoms with van der Waals surface area (Å²) >= 11 is 0. The molecule has 0 aromatic carbocycles. The first-order chi connectivity index (χ1) is 8.83. The Morgan fingerprint density at radius 3 is 2.72 bits per heavy atom. The van der Waals surface area contributed by atoms with Gasteiger partial charge in [0.2, 0.25) is 0 Å². The third-order valence-corrected chi connectivity index (χ3v) is 2.58. The van der Waals surface area contributed by atoms with Crippen molar-refractivity contribution in [3.8, 4) is 17.1 Å². The second-order valence-electron chi connectivity index (χ2n) is 3.98. The van der Waals surface area contributed by atoms with E-state index in [0.29, 0.717) is 0 Å². The lowest BCUT2D eigenvalue weighted by atomic mass is 10.2. The fourth-order valence-electron chi connectivity index (χ4n) is 1.62. The predicted octanol–water partition coefficient (Wildman–Crippen LogP) is 2.03. The Labute approximate surface area is 104 Å². The average Bonchev–Trinajstić information content (AvgIpc) is 2.90. The highest BCUT2D eigenvalue weighted by atomic mass is 15.4. The van der Waals surface area contributed by atoms with Crippen LogP contribution in [0.3, 0.4) is 0 Å². The topological polar surface area (TPSA) is 56.5 Å². The van der Waals surface area contributed by atoms with Gasteiger partial charge in [0.05, 0.1) is 23.8 Å². The van der Waals surface area contributed by atoms with E-state index < -0.39 is 0 Å². The van der Waals surface area contributed by atoms with Crippen LogP contribution in [0.25, 0.3) is 17.1 Å². The zero-order valence-electron chi connectivity index (χ0n) is 9.85. The number of aryl methyl sites for hydroxylation is 1. The fraction of sp³-hybridized carbons (Fsp3) is 0.0769. The predicted molar refractivity (Wildman–Crippen MR) is 67.1 cm³/mol. The smallest absolute Gasteiger partial charge is 0.131 e. The molecule has 0 spiro atoms. The van der Waals surface area contributed by atoms with E-state index in [1.165, 1.54) is 0 Å². The van der Waals surface area contributed by atoms with Crippen LogP contribution < -0.4 is 0 Å². The largest absolute Gasteiger partial charge is 0.262 e. The minimum atomic E-state index is 0.749. The SMILES string of the molecule is Cc1ccc(-c2cn(-c3cccnc3)nn2)nc1. The van der Waals surface area contributed by atoms with Gasteiger partial charge < -0.3 is 0 Å². The summed E-state index contributed by atoms with van der Waals surface area (Å²) in [6.07, 6.45) is 7.12. The Hall–Kier alpha value is -2.56. The zero-order valence-corrected chi connectivity index (χ0v) is 9.85. The highest BCUT2D eigenvalue weighted by molar-refractivity contribution is 5.52. The molecule has 5 heteroatoms. The van der Waals surface area contributed by atoms with Crippen LogP contribution in [0.1, 0.15) is 5.56 Å².